The minimum absolute atomic E-state index is 0.115. The predicted octanol–water partition coefficient (Wildman–Crippen LogP) is 2.44. The molecule has 0 N–H and O–H groups in total. The van der Waals surface area contributed by atoms with Gasteiger partial charge in [-0.25, -0.2) is 4.98 Å². The van der Waals surface area contributed by atoms with E-state index >= 15 is 0 Å². The average molecular weight is 359 g/mol. The van der Waals surface area contributed by atoms with Gasteiger partial charge in [0.05, 0.1) is 6.33 Å². The molecule has 1 fully saturated rings. The fourth-order valence-corrected chi connectivity index (χ4v) is 4.07. The van der Waals surface area contributed by atoms with E-state index < -0.39 is 0 Å². The van der Waals surface area contributed by atoms with Crippen LogP contribution in [0.3, 0.4) is 0 Å². The van der Waals surface area contributed by atoms with E-state index in [9.17, 15) is 4.79 Å². The van der Waals surface area contributed by atoms with Crippen LogP contribution in [-0.4, -0.2) is 51.4 Å². The number of hydrogen-bond donors (Lipinski definition) is 0. The van der Waals surface area contributed by atoms with Crippen molar-refractivity contribution in [1.29, 1.82) is 0 Å². The summed E-state index contributed by atoms with van der Waals surface area (Å²) < 4.78 is 2.16. The number of carbonyl (C=O) groups excluding carboxylic acids is 1. The van der Waals surface area contributed by atoms with Crippen LogP contribution in [0.5, 0.6) is 0 Å². The molecule has 2 aliphatic rings. The van der Waals surface area contributed by atoms with Crippen molar-refractivity contribution in [2.75, 3.05) is 26.2 Å². The van der Waals surface area contributed by atoms with Crippen LogP contribution < -0.4 is 0 Å². The van der Waals surface area contributed by atoms with E-state index in [2.05, 4.69) is 20.5 Å². The predicted molar refractivity (Wildman–Crippen MR) is 97.3 cm³/mol. The lowest BCUT2D eigenvalue weighted by atomic mass is 9.94. The highest BCUT2D eigenvalue weighted by Gasteiger charge is 2.30. The summed E-state index contributed by atoms with van der Waals surface area (Å²) in [6.45, 7) is 5.27. The summed E-state index contributed by atoms with van der Waals surface area (Å²) in [6.07, 6.45) is 5.50. The van der Waals surface area contributed by atoms with Gasteiger partial charge in [0, 0.05) is 68.5 Å². The van der Waals surface area contributed by atoms with Crippen molar-refractivity contribution in [3.8, 4) is 0 Å². The number of piperazine rings is 1. The standard InChI is InChI=1S/C19H23ClN4O/c20-17-3-1-2-15(10-17)13-22-6-8-23(9-7-22)19(25)16-4-5-24-14-21-12-18(24)11-16/h1-3,10,12,14,16H,4-9,11,13H2/t16-/m1/s1. The molecule has 4 rings (SSSR count). The lowest BCUT2D eigenvalue weighted by Crippen LogP contribution is -2.50. The van der Waals surface area contributed by atoms with E-state index in [4.69, 9.17) is 11.6 Å². The summed E-state index contributed by atoms with van der Waals surface area (Å²) in [5.41, 5.74) is 2.41. The summed E-state index contributed by atoms with van der Waals surface area (Å²) in [7, 11) is 0. The van der Waals surface area contributed by atoms with Gasteiger partial charge < -0.3 is 9.47 Å². The van der Waals surface area contributed by atoms with Crippen molar-refractivity contribution in [3.63, 3.8) is 0 Å². The maximum atomic E-state index is 12.9. The van der Waals surface area contributed by atoms with Crippen LogP contribution in [0, 0.1) is 5.92 Å². The quantitative estimate of drug-likeness (QED) is 0.846. The molecule has 1 atom stereocenters. The Balaban J connectivity index is 1.30. The Bertz CT molecular complexity index is 751. The summed E-state index contributed by atoms with van der Waals surface area (Å²) in [5.74, 6) is 0.429. The number of benzene rings is 1. The maximum absolute atomic E-state index is 12.9. The molecule has 2 aromatic rings. The molecule has 1 amide bonds. The zero-order chi connectivity index (χ0) is 17.2. The van der Waals surface area contributed by atoms with E-state index in [1.165, 1.54) is 11.3 Å². The molecule has 0 saturated carbocycles. The van der Waals surface area contributed by atoms with Gasteiger partial charge in [-0.15, -0.1) is 0 Å². The van der Waals surface area contributed by atoms with Crippen LogP contribution in [0.2, 0.25) is 5.02 Å². The Morgan fingerprint density at radius 3 is 2.84 bits per heavy atom. The summed E-state index contributed by atoms with van der Waals surface area (Å²) in [6, 6.07) is 8.02. The number of nitrogens with zero attached hydrogens (tertiary/aromatic N) is 4. The SMILES string of the molecule is O=C([C@@H]1CCn2cncc2C1)N1CCN(Cc2cccc(Cl)c2)CC1. The van der Waals surface area contributed by atoms with Gasteiger partial charge in [-0.3, -0.25) is 9.69 Å². The molecule has 25 heavy (non-hydrogen) atoms. The highest BCUT2D eigenvalue weighted by molar-refractivity contribution is 6.30. The van der Waals surface area contributed by atoms with Gasteiger partial charge in [-0.1, -0.05) is 23.7 Å². The lowest BCUT2D eigenvalue weighted by Gasteiger charge is -2.37. The molecule has 1 saturated heterocycles. The molecule has 0 spiro atoms. The number of rotatable bonds is 3. The van der Waals surface area contributed by atoms with E-state index in [0.717, 1.165) is 57.1 Å². The number of fused-ring (bicyclic) bond motifs is 1. The molecule has 5 nitrogen and oxygen atoms in total. The van der Waals surface area contributed by atoms with E-state index in [0.29, 0.717) is 5.91 Å². The monoisotopic (exact) mass is 358 g/mol. The minimum atomic E-state index is 0.115. The first-order valence-electron chi connectivity index (χ1n) is 8.93. The maximum Gasteiger partial charge on any atom is 0.226 e. The second-order valence-corrected chi connectivity index (χ2v) is 7.44. The molecule has 3 heterocycles. The van der Waals surface area contributed by atoms with Gasteiger partial charge in [0.2, 0.25) is 5.91 Å². The third kappa shape index (κ3) is 3.72. The fourth-order valence-electron chi connectivity index (χ4n) is 3.86. The van der Waals surface area contributed by atoms with E-state index in [-0.39, 0.29) is 5.92 Å². The van der Waals surface area contributed by atoms with Gasteiger partial charge in [-0.05, 0) is 24.1 Å². The van der Waals surface area contributed by atoms with Crippen molar-refractivity contribution in [3.05, 3.63) is 53.1 Å². The van der Waals surface area contributed by atoms with Crippen LogP contribution >= 0.6 is 11.6 Å². The van der Waals surface area contributed by atoms with E-state index in [1.54, 1.807) is 0 Å². The van der Waals surface area contributed by atoms with Gasteiger partial charge >= 0.3 is 0 Å². The number of hydrogen-bond acceptors (Lipinski definition) is 3. The third-order valence-corrected chi connectivity index (χ3v) is 5.54. The van der Waals surface area contributed by atoms with Crippen molar-refractivity contribution >= 4 is 17.5 Å². The molecular weight excluding hydrogens is 336 g/mol. The molecule has 2 aliphatic heterocycles. The first kappa shape index (κ1) is 16.6. The Kier molecular flexibility index (Phi) is 4.77. The lowest BCUT2D eigenvalue weighted by molar-refractivity contribution is -0.138. The highest BCUT2D eigenvalue weighted by atomic mass is 35.5. The average Bonchev–Trinajstić information content (AvgIpc) is 3.09. The second kappa shape index (κ2) is 7.18. The molecule has 0 aliphatic carbocycles. The van der Waals surface area contributed by atoms with Crippen LogP contribution in [0.1, 0.15) is 17.7 Å². The molecule has 132 valence electrons. The molecule has 1 aromatic carbocycles. The zero-order valence-electron chi connectivity index (χ0n) is 14.3. The molecule has 0 radical (unpaired) electrons. The number of imidazole rings is 1. The minimum Gasteiger partial charge on any atom is -0.340 e. The zero-order valence-corrected chi connectivity index (χ0v) is 15.0. The van der Waals surface area contributed by atoms with Crippen LogP contribution in [0.15, 0.2) is 36.8 Å². The van der Waals surface area contributed by atoms with Crippen LogP contribution in [0.25, 0.3) is 0 Å². The number of amides is 1. The molecule has 0 unspecified atom stereocenters. The van der Waals surface area contributed by atoms with Gasteiger partial charge in [0.25, 0.3) is 0 Å². The summed E-state index contributed by atoms with van der Waals surface area (Å²) in [4.78, 5) is 21.5. The Hall–Kier alpha value is -1.85. The normalized spacial score (nSPS) is 21.2. The van der Waals surface area contributed by atoms with Crippen LogP contribution in [0.4, 0.5) is 0 Å². The molecular formula is C19H23ClN4O. The smallest absolute Gasteiger partial charge is 0.226 e. The second-order valence-electron chi connectivity index (χ2n) is 7.00. The molecule has 0 bridgehead atoms. The number of carbonyl (C=O) groups is 1. The van der Waals surface area contributed by atoms with Crippen LogP contribution in [-0.2, 0) is 24.3 Å². The topological polar surface area (TPSA) is 41.4 Å². The Morgan fingerprint density at radius 1 is 1.20 bits per heavy atom. The largest absolute Gasteiger partial charge is 0.340 e. The fraction of sp³-hybridized carbons (Fsp3) is 0.474. The molecule has 6 heteroatoms. The van der Waals surface area contributed by atoms with Crippen molar-refractivity contribution < 1.29 is 4.79 Å². The summed E-state index contributed by atoms with van der Waals surface area (Å²) in [5, 5.41) is 0.780. The Labute approximate surface area is 153 Å². The first-order valence-corrected chi connectivity index (χ1v) is 9.31. The number of aryl methyl sites for hydroxylation is 1. The van der Waals surface area contributed by atoms with Crippen molar-refractivity contribution in [2.45, 2.75) is 25.9 Å². The first-order chi connectivity index (χ1) is 12.2. The highest BCUT2D eigenvalue weighted by Crippen LogP contribution is 2.23. The third-order valence-electron chi connectivity index (χ3n) is 5.30. The number of aromatic nitrogens is 2. The van der Waals surface area contributed by atoms with Gasteiger partial charge in [0.15, 0.2) is 0 Å². The Morgan fingerprint density at radius 2 is 2.04 bits per heavy atom. The number of halogens is 1. The summed E-state index contributed by atoms with van der Waals surface area (Å²) >= 11 is 6.06. The van der Waals surface area contributed by atoms with Crippen molar-refractivity contribution in [2.24, 2.45) is 5.92 Å². The molecule has 1 aromatic heterocycles. The van der Waals surface area contributed by atoms with Gasteiger partial charge in [-0.2, -0.15) is 0 Å². The van der Waals surface area contributed by atoms with E-state index in [1.807, 2.05) is 35.6 Å². The van der Waals surface area contributed by atoms with Crippen molar-refractivity contribution in [1.82, 2.24) is 19.4 Å². The van der Waals surface area contributed by atoms with Gasteiger partial charge in [0.1, 0.15) is 0 Å².